The lowest BCUT2D eigenvalue weighted by Crippen LogP contribution is -2.08. The molecular formula is C13H19IO. The Morgan fingerprint density at radius 3 is 2.53 bits per heavy atom. The van der Waals surface area contributed by atoms with Gasteiger partial charge < -0.3 is 5.11 Å². The first kappa shape index (κ1) is 13.0. The normalized spacial score (nSPS) is 13.9. The summed E-state index contributed by atoms with van der Waals surface area (Å²) in [6.07, 6.45) is 1.56. The summed E-state index contributed by atoms with van der Waals surface area (Å²) in [5, 5.41) is 10.0. The smallest absolute Gasteiger partial charge is 0.0790 e. The Hall–Kier alpha value is -0.0900. The summed E-state index contributed by atoms with van der Waals surface area (Å²) in [4.78, 5) is 0. The lowest BCUT2D eigenvalue weighted by atomic mass is 9.88. The second kappa shape index (κ2) is 5.30. The predicted octanol–water partition coefficient (Wildman–Crippen LogP) is 4.15. The zero-order chi connectivity index (χ0) is 11.5. The molecular weight excluding hydrogens is 299 g/mol. The van der Waals surface area contributed by atoms with E-state index in [4.69, 9.17) is 0 Å². The lowest BCUT2D eigenvalue weighted by Gasteiger charge is -2.20. The molecule has 1 N–H and O–H groups in total. The van der Waals surface area contributed by atoms with Gasteiger partial charge >= 0.3 is 0 Å². The van der Waals surface area contributed by atoms with E-state index in [0.29, 0.717) is 5.41 Å². The van der Waals surface area contributed by atoms with E-state index in [1.54, 1.807) is 0 Å². The largest absolute Gasteiger partial charge is 0.388 e. The molecule has 0 aromatic heterocycles. The molecule has 0 aliphatic carbocycles. The first-order valence-corrected chi connectivity index (χ1v) is 6.40. The quantitative estimate of drug-likeness (QED) is 0.830. The van der Waals surface area contributed by atoms with Crippen LogP contribution in [0.5, 0.6) is 0 Å². The van der Waals surface area contributed by atoms with E-state index in [-0.39, 0.29) is 6.10 Å². The van der Waals surface area contributed by atoms with Crippen LogP contribution >= 0.6 is 22.6 Å². The van der Waals surface area contributed by atoms with Crippen LogP contribution < -0.4 is 0 Å². The Bertz CT molecular complexity index is 315. The van der Waals surface area contributed by atoms with Gasteiger partial charge in [-0.1, -0.05) is 32.9 Å². The van der Waals surface area contributed by atoms with Crippen molar-refractivity contribution in [2.75, 3.05) is 0 Å². The minimum absolute atomic E-state index is 0.295. The van der Waals surface area contributed by atoms with Gasteiger partial charge in [-0.15, -0.1) is 0 Å². The van der Waals surface area contributed by atoms with Crippen molar-refractivity contribution in [2.24, 2.45) is 5.41 Å². The van der Waals surface area contributed by atoms with Crippen molar-refractivity contribution >= 4 is 22.6 Å². The Morgan fingerprint density at radius 1 is 1.33 bits per heavy atom. The molecule has 15 heavy (non-hydrogen) atoms. The number of hydrogen-bond acceptors (Lipinski definition) is 1. The van der Waals surface area contributed by atoms with Crippen LogP contribution in [0.4, 0.5) is 0 Å². The van der Waals surface area contributed by atoms with E-state index >= 15 is 0 Å². The van der Waals surface area contributed by atoms with Crippen molar-refractivity contribution in [1.29, 1.82) is 0 Å². The number of hydrogen-bond donors (Lipinski definition) is 1. The molecule has 1 unspecified atom stereocenters. The van der Waals surface area contributed by atoms with Gasteiger partial charge in [-0.3, -0.25) is 0 Å². The van der Waals surface area contributed by atoms with Crippen LogP contribution in [-0.2, 0) is 0 Å². The fourth-order valence-corrected chi connectivity index (χ4v) is 2.02. The minimum atomic E-state index is -0.320. The summed E-state index contributed by atoms with van der Waals surface area (Å²) >= 11 is 2.27. The second-order valence-corrected chi connectivity index (χ2v) is 6.42. The first-order chi connectivity index (χ1) is 6.88. The summed E-state index contributed by atoms with van der Waals surface area (Å²) in [6.45, 7) is 6.61. The first-order valence-electron chi connectivity index (χ1n) is 5.32. The molecule has 0 aliphatic rings. The molecule has 1 rings (SSSR count). The molecule has 2 heteroatoms. The zero-order valence-corrected chi connectivity index (χ0v) is 11.8. The van der Waals surface area contributed by atoms with E-state index in [1.165, 1.54) is 3.57 Å². The maximum atomic E-state index is 10.0. The average molecular weight is 318 g/mol. The predicted molar refractivity (Wildman–Crippen MR) is 72.8 cm³/mol. The molecule has 0 radical (unpaired) electrons. The Kier molecular flexibility index (Phi) is 4.59. The molecule has 0 heterocycles. The molecule has 0 amide bonds. The van der Waals surface area contributed by atoms with E-state index in [9.17, 15) is 5.11 Å². The third-order valence-electron chi connectivity index (χ3n) is 2.40. The van der Waals surface area contributed by atoms with Crippen LogP contribution in [-0.4, -0.2) is 5.11 Å². The van der Waals surface area contributed by atoms with Gasteiger partial charge in [0.1, 0.15) is 0 Å². The van der Waals surface area contributed by atoms with Gasteiger partial charge in [0, 0.05) is 3.57 Å². The Balaban J connectivity index is 2.58. The molecule has 0 saturated heterocycles. The van der Waals surface area contributed by atoms with Crippen molar-refractivity contribution in [3.8, 4) is 0 Å². The lowest BCUT2D eigenvalue weighted by molar-refractivity contribution is 0.147. The minimum Gasteiger partial charge on any atom is -0.388 e. The van der Waals surface area contributed by atoms with Crippen LogP contribution in [0.25, 0.3) is 0 Å². The fraction of sp³-hybridized carbons (Fsp3) is 0.538. The van der Waals surface area contributed by atoms with Gasteiger partial charge in [0.2, 0.25) is 0 Å². The maximum absolute atomic E-state index is 10.0. The van der Waals surface area contributed by atoms with Crippen LogP contribution in [0, 0.1) is 8.99 Å². The van der Waals surface area contributed by atoms with Crippen molar-refractivity contribution in [3.63, 3.8) is 0 Å². The molecule has 0 fully saturated rings. The van der Waals surface area contributed by atoms with E-state index in [1.807, 2.05) is 24.3 Å². The summed E-state index contributed by atoms with van der Waals surface area (Å²) < 4.78 is 1.18. The van der Waals surface area contributed by atoms with Crippen molar-refractivity contribution < 1.29 is 5.11 Å². The molecule has 0 saturated carbocycles. The van der Waals surface area contributed by atoms with Gasteiger partial charge in [-0.2, -0.15) is 0 Å². The van der Waals surface area contributed by atoms with Crippen molar-refractivity contribution in [1.82, 2.24) is 0 Å². The van der Waals surface area contributed by atoms with E-state index in [2.05, 4.69) is 43.4 Å². The zero-order valence-electron chi connectivity index (χ0n) is 9.63. The highest BCUT2D eigenvalue weighted by Gasteiger charge is 2.14. The number of rotatable bonds is 3. The highest BCUT2D eigenvalue weighted by Crippen LogP contribution is 2.27. The summed E-state index contributed by atoms with van der Waals surface area (Å²) in [7, 11) is 0. The van der Waals surface area contributed by atoms with E-state index in [0.717, 1.165) is 18.4 Å². The highest BCUT2D eigenvalue weighted by molar-refractivity contribution is 14.1. The van der Waals surface area contributed by atoms with Crippen LogP contribution in [0.2, 0.25) is 0 Å². The van der Waals surface area contributed by atoms with Crippen LogP contribution in [0.1, 0.15) is 45.3 Å². The van der Waals surface area contributed by atoms with Gasteiger partial charge in [-0.05, 0) is 58.5 Å². The molecule has 0 spiro atoms. The standard InChI is InChI=1S/C13H19IO/c1-13(2,3)8-7-12(15)10-5-4-6-11(14)9-10/h4-6,9,12,15H,7-8H2,1-3H3. The number of benzene rings is 1. The van der Waals surface area contributed by atoms with Gasteiger partial charge in [0.05, 0.1) is 6.10 Å². The third kappa shape index (κ3) is 4.98. The maximum Gasteiger partial charge on any atom is 0.0790 e. The average Bonchev–Trinajstić information content (AvgIpc) is 2.13. The summed E-state index contributed by atoms with van der Waals surface area (Å²) in [6, 6.07) is 8.08. The monoisotopic (exact) mass is 318 g/mol. The van der Waals surface area contributed by atoms with E-state index < -0.39 is 0 Å². The van der Waals surface area contributed by atoms with Crippen LogP contribution in [0.3, 0.4) is 0 Å². The number of halogens is 1. The van der Waals surface area contributed by atoms with Gasteiger partial charge in [0.25, 0.3) is 0 Å². The SMILES string of the molecule is CC(C)(C)CCC(O)c1cccc(I)c1. The van der Waals surface area contributed by atoms with Crippen molar-refractivity contribution in [3.05, 3.63) is 33.4 Å². The second-order valence-electron chi connectivity index (χ2n) is 5.17. The topological polar surface area (TPSA) is 20.2 Å². The molecule has 1 aromatic carbocycles. The third-order valence-corrected chi connectivity index (χ3v) is 3.07. The summed E-state index contributed by atoms with van der Waals surface area (Å²) in [5.74, 6) is 0. The molecule has 1 atom stereocenters. The summed E-state index contributed by atoms with van der Waals surface area (Å²) in [5.41, 5.74) is 1.33. The Morgan fingerprint density at radius 2 is 2.00 bits per heavy atom. The fourth-order valence-electron chi connectivity index (χ4n) is 1.45. The molecule has 1 aromatic rings. The molecule has 1 nitrogen and oxygen atoms in total. The number of aliphatic hydroxyl groups is 1. The molecule has 0 aliphatic heterocycles. The van der Waals surface area contributed by atoms with Crippen molar-refractivity contribution in [2.45, 2.75) is 39.7 Å². The number of aliphatic hydroxyl groups excluding tert-OH is 1. The Labute approximate surface area is 106 Å². The van der Waals surface area contributed by atoms with Gasteiger partial charge in [0.15, 0.2) is 0 Å². The highest BCUT2D eigenvalue weighted by atomic mass is 127. The molecule has 0 bridgehead atoms. The molecule has 84 valence electrons. The van der Waals surface area contributed by atoms with Gasteiger partial charge in [-0.25, -0.2) is 0 Å². The van der Waals surface area contributed by atoms with Crippen LogP contribution in [0.15, 0.2) is 24.3 Å².